The first-order chi connectivity index (χ1) is 10.7. The molecule has 1 aromatic carbocycles. The molecule has 0 unspecified atom stereocenters. The Hall–Kier alpha value is -1.32. The van der Waals surface area contributed by atoms with Crippen molar-refractivity contribution in [3.05, 3.63) is 53.1 Å². The minimum Gasteiger partial charge on any atom is -0.370 e. The van der Waals surface area contributed by atoms with Crippen molar-refractivity contribution in [2.45, 2.75) is 64.2 Å². The van der Waals surface area contributed by atoms with Crippen molar-refractivity contribution in [1.82, 2.24) is 9.55 Å². The lowest BCUT2D eigenvalue weighted by molar-refractivity contribution is -0.162. The molecule has 1 fully saturated rings. The standard InChI is InChI=1S/C19H25ClN2O/c1-18(2)9-15(10-19(3,4)23-18)17-12-22(13-21-17)11-14-6-5-7-16(20)8-14/h5-8,12-13,15H,9-11H2,1-4H3. The Morgan fingerprint density at radius 1 is 1.22 bits per heavy atom. The molecule has 0 bridgehead atoms. The van der Waals surface area contributed by atoms with Gasteiger partial charge >= 0.3 is 0 Å². The fourth-order valence-corrected chi connectivity index (χ4v) is 4.03. The van der Waals surface area contributed by atoms with E-state index in [0.29, 0.717) is 5.92 Å². The molecule has 1 aliphatic heterocycles. The molecule has 1 aromatic heterocycles. The van der Waals surface area contributed by atoms with Crippen LogP contribution in [-0.4, -0.2) is 20.8 Å². The largest absolute Gasteiger partial charge is 0.370 e. The number of hydrogen-bond donors (Lipinski definition) is 0. The van der Waals surface area contributed by atoms with E-state index in [9.17, 15) is 0 Å². The number of benzene rings is 1. The van der Waals surface area contributed by atoms with E-state index in [1.807, 2.05) is 24.5 Å². The highest BCUT2D eigenvalue weighted by Gasteiger charge is 2.40. The molecule has 0 aliphatic carbocycles. The van der Waals surface area contributed by atoms with E-state index in [0.717, 1.165) is 30.1 Å². The van der Waals surface area contributed by atoms with Gasteiger partial charge in [0.25, 0.3) is 0 Å². The molecular formula is C19H25ClN2O. The molecule has 0 amide bonds. The van der Waals surface area contributed by atoms with Crippen molar-refractivity contribution < 1.29 is 4.74 Å². The maximum Gasteiger partial charge on any atom is 0.0952 e. The summed E-state index contributed by atoms with van der Waals surface area (Å²) in [6.45, 7) is 9.48. The lowest BCUT2D eigenvalue weighted by Gasteiger charge is -2.45. The van der Waals surface area contributed by atoms with E-state index in [1.165, 1.54) is 5.56 Å². The van der Waals surface area contributed by atoms with Gasteiger partial charge in [-0.05, 0) is 58.2 Å². The number of rotatable bonds is 3. The molecule has 3 nitrogen and oxygen atoms in total. The average molecular weight is 333 g/mol. The third-order valence-electron chi connectivity index (χ3n) is 4.35. The number of hydrogen-bond acceptors (Lipinski definition) is 2. The second kappa shape index (κ2) is 5.95. The number of imidazole rings is 1. The SMILES string of the molecule is CC1(C)CC(c2cn(Cc3cccc(Cl)c3)cn2)CC(C)(C)O1. The first kappa shape index (κ1) is 16.5. The van der Waals surface area contributed by atoms with Gasteiger partial charge in [0.05, 0.1) is 23.2 Å². The van der Waals surface area contributed by atoms with Crippen LogP contribution in [0.3, 0.4) is 0 Å². The van der Waals surface area contributed by atoms with Crippen molar-refractivity contribution in [1.29, 1.82) is 0 Å². The topological polar surface area (TPSA) is 27.1 Å². The highest BCUT2D eigenvalue weighted by molar-refractivity contribution is 6.30. The monoisotopic (exact) mass is 332 g/mol. The van der Waals surface area contributed by atoms with Gasteiger partial charge in [-0.3, -0.25) is 0 Å². The second-order valence-corrected chi connectivity index (χ2v) is 8.26. The molecule has 1 aliphatic rings. The zero-order chi connectivity index (χ0) is 16.7. The number of nitrogens with zero attached hydrogens (tertiary/aromatic N) is 2. The van der Waals surface area contributed by atoms with Gasteiger partial charge in [0.15, 0.2) is 0 Å². The summed E-state index contributed by atoms with van der Waals surface area (Å²) in [6, 6.07) is 7.98. The zero-order valence-electron chi connectivity index (χ0n) is 14.3. The summed E-state index contributed by atoms with van der Waals surface area (Å²) in [7, 11) is 0. The first-order valence-corrected chi connectivity index (χ1v) is 8.57. The lowest BCUT2D eigenvalue weighted by atomic mass is 9.79. The molecular weight excluding hydrogens is 308 g/mol. The Bertz CT molecular complexity index is 674. The zero-order valence-corrected chi connectivity index (χ0v) is 15.1. The van der Waals surface area contributed by atoms with Crippen LogP contribution < -0.4 is 0 Å². The summed E-state index contributed by atoms with van der Waals surface area (Å²) in [5.74, 6) is 0.439. The van der Waals surface area contributed by atoms with Crippen molar-refractivity contribution in [2.24, 2.45) is 0 Å². The summed E-state index contributed by atoms with van der Waals surface area (Å²) in [6.07, 6.45) is 6.10. The maximum absolute atomic E-state index is 6.18. The summed E-state index contributed by atoms with van der Waals surface area (Å²) in [5, 5.41) is 0.774. The molecule has 0 spiro atoms. The quantitative estimate of drug-likeness (QED) is 0.787. The van der Waals surface area contributed by atoms with Crippen molar-refractivity contribution >= 4 is 11.6 Å². The van der Waals surface area contributed by atoms with E-state index < -0.39 is 0 Å². The molecule has 4 heteroatoms. The minimum absolute atomic E-state index is 0.108. The summed E-state index contributed by atoms with van der Waals surface area (Å²) in [4.78, 5) is 4.66. The normalized spacial score (nSPS) is 20.6. The molecule has 0 N–H and O–H groups in total. The Kier molecular flexibility index (Phi) is 4.28. The van der Waals surface area contributed by atoms with Crippen molar-refractivity contribution in [2.75, 3.05) is 0 Å². The summed E-state index contributed by atoms with van der Waals surface area (Å²) >= 11 is 6.06. The van der Waals surface area contributed by atoms with Gasteiger partial charge < -0.3 is 9.30 Å². The molecule has 124 valence electrons. The molecule has 0 saturated carbocycles. The summed E-state index contributed by atoms with van der Waals surface area (Å²) < 4.78 is 8.31. The molecule has 23 heavy (non-hydrogen) atoms. The van der Waals surface area contributed by atoms with Crippen LogP contribution in [0, 0.1) is 0 Å². The van der Waals surface area contributed by atoms with Crippen molar-refractivity contribution in [3.8, 4) is 0 Å². The Morgan fingerprint density at radius 2 is 1.91 bits per heavy atom. The van der Waals surface area contributed by atoms with Gasteiger partial charge in [0, 0.05) is 23.7 Å². The third-order valence-corrected chi connectivity index (χ3v) is 4.59. The Labute approximate surface area is 143 Å². The van der Waals surface area contributed by atoms with Gasteiger partial charge in [0.2, 0.25) is 0 Å². The van der Waals surface area contributed by atoms with Crippen LogP contribution in [0.15, 0.2) is 36.8 Å². The molecule has 3 rings (SSSR count). The lowest BCUT2D eigenvalue weighted by Crippen LogP contribution is -2.44. The third kappa shape index (κ3) is 4.15. The Balaban J connectivity index is 1.76. The van der Waals surface area contributed by atoms with Gasteiger partial charge in [0.1, 0.15) is 0 Å². The van der Waals surface area contributed by atoms with Crippen molar-refractivity contribution in [3.63, 3.8) is 0 Å². The van der Waals surface area contributed by atoms with E-state index in [1.54, 1.807) is 0 Å². The molecule has 2 aromatic rings. The predicted molar refractivity (Wildman–Crippen MR) is 94.0 cm³/mol. The highest BCUT2D eigenvalue weighted by Crippen LogP contribution is 2.42. The molecule has 2 heterocycles. The van der Waals surface area contributed by atoms with E-state index >= 15 is 0 Å². The predicted octanol–water partition coefficient (Wildman–Crippen LogP) is 5.04. The van der Waals surface area contributed by atoms with E-state index in [4.69, 9.17) is 16.3 Å². The van der Waals surface area contributed by atoms with E-state index in [-0.39, 0.29) is 11.2 Å². The van der Waals surface area contributed by atoms with Crippen LogP contribution >= 0.6 is 11.6 Å². The first-order valence-electron chi connectivity index (χ1n) is 8.19. The van der Waals surface area contributed by atoms with Gasteiger partial charge in [-0.15, -0.1) is 0 Å². The van der Waals surface area contributed by atoms with E-state index in [2.05, 4.69) is 49.5 Å². The maximum atomic E-state index is 6.18. The average Bonchev–Trinajstić information content (AvgIpc) is 2.83. The van der Waals surface area contributed by atoms with Gasteiger partial charge in [-0.25, -0.2) is 4.98 Å². The summed E-state index contributed by atoms with van der Waals surface area (Å²) in [5.41, 5.74) is 2.14. The number of halogens is 1. The molecule has 1 saturated heterocycles. The fraction of sp³-hybridized carbons (Fsp3) is 0.526. The fourth-order valence-electron chi connectivity index (χ4n) is 3.82. The van der Waals surface area contributed by atoms with Crippen LogP contribution in [0.5, 0.6) is 0 Å². The molecule has 0 atom stereocenters. The van der Waals surface area contributed by atoms with Gasteiger partial charge in [-0.2, -0.15) is 0 Å². The Morgan fingerprint density at radius 3 is 2.57 bits per heavy atom. The number of ether oxygens (including phenoxy) is 1. The van der Waals surface area contributed by atoms with Crippen LogP contribution in [0.2, 0.25) is 5.02 Å². The molecule has 0 radical (unpaired) electrons. The van der Waals surface area contributed by atoms with Crippen LogP contribution in [-0.2, 0) is 11.3 Å². The minimum atomic E-state index is -0.108. The van der Waals surface area contributed by atoms with Crippen LogP contribution in [0.4, 0.5) is 0 Å². The van der Waals surface area contributed by atoms with Gasteiger partial charge in [-0.1, -0.05) is 23.7 Å². The van der Waals surface area contributed by atoms with Crippen LogP contribution in [0.25, 0.3) is 0 Å². The highest BCUT2D eigenvalue weighted by atomic mass is 35.5. The number of aromatic nitrogens is 2. The second-order valence-electron chi connectivity index (χ2n) is 7.83. The smallest absolute Gasteiger partial charge is 0.0952 e. The van der Waals surface area contributed by atoms with Crippen LogP contribution in [0.1, 0.15) is 57.7 Å².